The average Bonchev–Trinajstić information content (AvgIpc) is 3.11. The van der Waals surface area contributed by atoms with E-state index in [2.05, 4.69) is 51.5 Å². The second-order valence-electron chi connectivity index (χ2n) is 6.99. The molecule has 0 bridgehead atoms. The number of carbonyl (C=O) groups excluding carboxylic acids is 1. The molecule has 6 nitrogen and oxygen atoms in total. The zero-order valence-electron chi connectivity index (χ0n) is 14.9. The molecule has 1 fully saturated rings. The molecule has 6 heteroatoms. The van der Waals surface area contributed by atoms with Gasteiger partial charge in [0.1, 0.15) is 0 Å². The van der Waals surface area contributed by atoms with Crippen molar-refractivity contribution in [1.82, 2.24) is 19.9 Å². The Hall–Kier alpha value is -2.89. The second-order valence-corrected chi connectivity index (χ2v) is 6.99. The number of nitrogens with one attached hydrogen (secondary N) is 1. The molecule has 0 aliphatic carbocycles. The first-order chi connectivity index (χ1) is 12.7. The van der Waals surface area contributed by atoms with Crippen molar-refractivity contribution in [2.45, 2.75) is 26.3 Å². The highest BCUT2D eigenvalue weighted by Crippen LogP contribution is 2.23. The first-order valence-electron chi connectivity index (χ1n) is 9.11. The molecule has 0 radical (unpaired) electrons. The minimum absolute atomic E-state index is 0.190. The number of benzene rings is 1. The van der Waals surface area contributed by atoms with Crippen molar-refractivity contribution in [3.63, 3.8) is 0 Å². The van der Waals surface area contributed by atoms with Crippen LogP contribution in [0.15, 0.2) is 48.8 Å². The van der Waals surface area contributed by atoms with Crippen molar-refractivity contribution < 1.29 is 4.79 Å². The van der Waals surface area contributed by atoms with E-state index in [0.29, 0.717) is 17.9 Å². The van der Waals surface area contributed by atoms with Gasteiger partial charge in [-0.15, -0.1) is 0 Å². The largest absolute Gasteiger partial charge is 0.371 e. The summed E-state index contributed by atoms with van der Waals surface area (Å²) in [7, 11) is 0. The van der Waals surface area contributed by atoms with E-state index in [1.54, 1.807) is 29.0 Å². The lowest BCUT2D eigenvalue weighted by Crippen LogP contribution is -2.34. The Morgan fingerprint density at radius 1 is 1.31 bits per heavy atom. The van der Waals surface area contributed by atoms with Gasteiger partial charge in [0.15, 0.2) is 11.3 Å². The van der Waals surface area contributed by atoms with Crippen molar-refractivity contribution in [3.05, 3.63) is 60.0 Å². The molecule has 3 aromatic rings. The molecule has 1 saturated heterocycles. The number of hydrogen-bond acceptors (Lipinski definition) is 4. The number of hydrogen-bond donors (Lipinski definition) is 1. The lowest BCUT2D eigenvalue weighted by molar-refractivity contribution is 0.0945. The second kappa shape index (κ2) is 7.15. The van der Waals surface area contributed by atoms with Crippen LogP contribution < -0.4 is 10.2 Å². The van der Waals surface area contributed by atoms with E-state index in [-0.39, 0.29) is 5.91 Å². The van der Waals surface area contributed by atoms with E-state index >= 15 is 0 Å². The van der Waals surface area contributed by atoms with Crippen LogP contribution in [0, 0.1) is 5.92 Å². The van der Waals surface area contributed by atoms with Crippen molar-refractivity contribution in [2.75, 3.05) is 18.0 Å². The van der Waals surface area contributed by atoms with Crippen molar-refractivity contribution in [3.8, 4) is 0 Å². The molecule has 26 heavy (non-hydrogen) atoms. The Kier molecular flexibility index (Phi) is 4.56. The molecule has 1 aliphatic rings. The van der Waals surface area contributed by atoms with E-state index in [9.17, 15) is 4.79 Å². The number of aromatic nitrogens is 3. The summed E-state index contributed by atoms with van der Waals surface area (Å²) in [5.41, 5.74) is 3.38. The summed E-state index contributed by atoms with van der Waals surface area (Å²) >= 11 is 0. The summed E-state index contributed by atoms with van der Waals surface area (Å²) in [4.78, 5) is 18.9. The Bertz CT molecular complexity index is 869. The summed E-state index contributed by atoms with van der Waals surface area (Å²) in [6.07, 6.45) is 6.04. The lowest BCUT2D eigenvalue weighted by atomic mass is 9.99. The summed E-state index contributed by atoms with van der Waals surface area (Å²) in [6.45, 7) is 5.04. The van der Waals surface area contributed by atoms with Gasteiger partial charge < -0.3 is 10.2 Å². The van der Waals surface area contributed by atoms with Crippen LogP contribution in [0.4, 0.5) is 5.69 Å². The van der Waals surface area contributed by atoms with Gasteiger partial charge in [-0.3, -0.25) is 4.79 Å². The molecule has 0 spiro atoms. The number of fused-ring (bicyclic) bond motifs is 1. The predicted molar refractivity (Wildman–Crippen MR) is 101 cm³/mol. The molecular weight excluding hydrogens is 326 g/mol. The first kappa shape index (κ1) is 16.6. The number of piperidine rings is 1. The highest BCUT2D eigenvalue weighted by atomic mass is 16.1. The van der Waals surface area contributed by atoms with Crippen LogP contribution in [0.1, 0.15) is 35.8 Å². The standard InChI is InChI=1S/C20H23N5O/c1-15-4-2-10-24(14-15)17-7-5-16(6-8-17)13-22-20(26)18-12-19-21-9-3-11-25(19)23-18/h3,5-9,11-12,15H,2,4,10,13-14H2,1H3,(H,22,26). The molecule has 1 aromatic carbocycles. The fraction of sp³-hybridized carbons (Fsp3) is 0.350. The third-order valence-electron chi connectivity index (χ3n) is 4.88. The molecule has 1 unspecified atom stereocenters. The quantitative estimate of drug-likeness (QED) is 0.787. The van der Waals surface area contributed by atoms with E-state index in [1.807, 2.05) is 0 Å². The van der Waals surface area contributed by atoms with E-state index in [0.717, 1.165) is 24.6 Å². The third-order valence-corrected chi connectivity index (χ3v) is 4.88. The highest BCUT2D eigenvalue weighted by Gasteiger charge is 2.16. The lowest BCUT2D eigenvalue weighted by Gasteiger charge is -2.32. The monoisotopic (exact) mass is 349 g/mol. The molecule has 0 saturated carbocycles. The van der Waals surface area contributed by atoms with Crippen molar-refractivity contribution >= 4 is 17.2 Å². The van der Waals surface area contributed by atoms with Crippen LogP contribution >= 0.6 is 0 Å². The Morgan fingerprint density at radius 2 is 2.15 bits per heavy atom. The minimum atomic E-state index is -0.190. The number of carbonyl (C=O) groups is 1. The summed E-state index contributed by atoms with van der Waals surface area (Å²) in [5.74, 6) is 0.562. The van der Waals surface area contributed by atoms with Gasteiger partial charge in [0.2, 0.25) is 0 Å². The molecule has 3 heterocycles. The van der Waals surface area contributed by atoms with Crippen LogP contribution in [0.3, 0.4) is 0 Å². The maximum absolute atomic E-state index is 12.3. The van der Waals surface area contributed by atoms with E-state index in [4.69, 9.17) is 0 Å². The zero-order valence-corrected chi connectivity index (χ0v) is 14.9. The summed E-state index contributed by atoms with van der Waals surface area (Å²) in [5, 5.41) is 7.17. The van der Waals surface area contributed by atoms with Crippen LogP contribution in [0.2, 0.25) is 0 Å². The molecule has 4 rings (SSSR count). The third kappa shape index (κ3) is 3.54. The molecule has 134 valence electrons. The van der Waals surface area contributed by atoms with Gasteiger partial charge in [-0.1, -0.05) is 19.1 Å². The Balaban J connectivity index is 1.37. The number of nitrogens with zero attached hydrogens (tertiary/aromatic N) is 4. The first-order valence-corrected chi connectivity index (χ1v) is 9.11. The zero-order chi connectivity index (χ0) is 17.9. The number of anilines is 1. The summed E-state index contributed by atoms with van der Waals surface area (Å²) < 4.78 is 1.60. The molecule has 1 aliphatic heterocycles. The number of amides is 1. The molecule has 2 aromatic heterocycles. The van der Waals surface area contributed by atoms with Crippen molar-refractivity contribution in [1.29, 1.82) is 0 Å². The fourth-order valence-corrected chi connectivity index (χ4v) is 3.46. The average molecular weight is 349 g/mol. The Labute approximate surface area is 152 Å². The van der Waals surface area contributed by atoms with Crippen LogP contribution in [-0.2, 0) is 6.54 Å². The van der Waals surface area contributed by atoms with Crippen LogP contribution in [-0.4, -0.2) is 33.6 Å². The van der Waals surface area contributed by atoms with Gasteiger partial charge in [-0.25, -0.2) is 9.50 Å². The van der Waals surface area contributed by atoms with Gasteiger partial charge >= 0.3 is 0 Å². The Morgan fingerprint density at radius 3 is 2.92 bits per heavy atom. The van der Waals surface area contributed by atoms with Crippen LogP contribution in [0.25, 0.3) is 5.65 Å². The summed E-state index contributed by atoms with van der Waals surface area (Å²) in [6, 6.07) is 11.9. The van der Waals surface area contributed by atoms with Crippen molar-refractivity contribution in [2.24, 2.45) is 5.92 Å². The maximum atomic E-state index is 12.3. The maximum Gasteiger partial charge on any atom is 0.272 e. The number of rotatable bonds is 4. The molecular formula is C20H23N5O. The van der Waals surface area contributed by atoms with Gasteiger partial charge in [0.25, 0.3) is 5.91 Å². The predicted octanol–water partition coefficient (Wildman–Crippen LogP) is 2.90. The molecule has 1 amide bonds. The van der Waals surface area contributed by atoms with E-state index in [1.165, 1.54) is 18.5 Å². The molecule has 1 N–H and O–H groups in total. The van der Waals surface area contributed by atoms with Crippen LogP contribution in [0.5, 0.6) is 0 Å². The molecule has 1 atom stereocenters. The SMILES string of the molecule is CC1CCCN(c2ccc(CNC(=O)c3cc4ncccn4n3)cc2)C1. The minimum Gasteiger partial charge on any atom is -0.371 e. The highest BCUT2D eigenvalue weighted by molar-refractivity contribution is 5.93. The smallest absolute Gasteiger partial charge is 0.272 e. The fourth-order valence-electron chi connectivity index (χ4n) is 3.46. The topological polar surface area (TPSA) is 62.5 Å². The van der Waals surface area contributed by atoms with E-state index < -0.39 is 0 Å². The van der Waals surface area contributed by atoms with Gasteiger partial charge in [0.05, 0.1) is 0 Å². The normalized spacial score (nSPS) is 17.4. The van der Waals surface area contributed by atoms with Gasteiger partial charge in [0, 0.05) is 43.8 Å². The van der Waals surface area contributed by atoms with Gasteiger partial charge in [-0.2, -0.15) is 5.10 Å². The van der Waals surface area contributed by atoms with Gasteiger partial charge in [-0.05, 0) is 42.5 Å².